The highest BCUT2D eigenvalue weighted by atomic mass is 16.2. The monoisotopic (exact) mass is 382 g/mol. The molecule has 4 nitrogen and oxygen atoms in total. The second kappa shape index (κ2) is 8.23. The normalized spacial score (nSPS) is 17.1. The number of rotatable bonds is 6. The Hall–Kier alpha value is -3.53. The first kappa shape index (κ1) is 18.8. The number of para-hydroxylation sites is 1. The van der Waals surface area contributed by atoms with Gasteiger partial charge in [-0.15, -0.1) is 0 Å². The molecule has 0 bridgehead atoms. The highest BCUT2D eigenvalue weighted by Gasteiger charge is 2.41. The fourth-order valence-corrected chi connectivity index (χ4v) is 3.87. The maximum atomic E-state index is 13.3. The molecule has 2 atom stereocenters. The molecular formula is C25H22N2O2. The molecule has 0 spiro atoms. The van der Waals surface area contributed by atoms with Crippen LogP contribution >= 0.6 is 0 Å². The van der Waals surface area contributed by atoms with E-state index >= 15 is 0 Å². The van der Waals surface area contributed by atoms with Gasteiger partial charge in [-0.2, -0.15) is 5.10 Å². The minimum absolute atomic E-state index is 0.0261. The molecule has 3 aromatic carbocycles. The Labute approximate surface area is 170 Å². The molecule has 1 aliphatic heterocycles. The Morgan fingerprint density at radius 3 is 2.07 bits per heavy atom. The van der Waals surface area contributed by atoms with E-state index in [1.54, 1.807) is 0 Å². The van der Waals surface area contributed by atoms with E-state index in [0.29, 0.717) is 5.56 Å². The van der Waals surface area contributed by atoms with Crippen LogP contribution < -0.4 is 5.01 Å². The maximum Gasteiger partial charge on any atom is 0.256 e. The maximum absolute atomic E-state index is 13.3. The third-order valence-electron chi connectivity index (χ3n) is 5.31. The second-order valence-electron chi connectivity index (χ2n) is 7.22. The number of Topliss-reactive ketones (excluding diaryl/α,β-unsaturated/α-hetero) is 1. The molecule has 0 unspecified atom stereocenters. The predicted molar refractivity (Wildman–Crippen MR) is 115 cm³/mol. The van der Waals surface area contributed by atoms with Crippen molar-refractivity contribution in [2.75, 3.05) is 5.01 Å². The van der Waals surface area contributed by atoms with Crippen LogP contribution in [-0.4, -0.2) is 17.4 Å². The van der Waals surface area contributed by atoms with Gasteiger partial charge in [-0.25, -0.2) is 5.01 Å². The predicted octanol–water partition coefficient (Wildman–Crippen LogP) is 5.08. The molecule has 144 valence electrons. The van der Waals surface area contributed by atoms with Crippen molar-refractivity contribution in [2.45, 2.75) is 19.3 Å². The van der Waals surface area contributed by atoms with Crippen LogP contribution in [0, 0.1) is 5.92 Å². The van der Waals surface area contributed by atoms with Gasteiger partial charge < -0.3 is 0 Å². The fourth-order valence-electron chi connectivity index (χ4n) is 3.87. The number of carbonyl (C=O) groups is 2. The van der Waals surface area contributed by atoms with E-state index in [9.17, 15) is 9.59 Å². The van der Waals surface area contributed by atoms with Gasteiger partial charge in [0.05, 0.1) is 11.6 Å². The number of amides is 1. The molecule has 4 rings (SSSR count). The molecule has 0 aromatic heterocycles. The zero-order chi connectivity index (χ0) is 20.2. The van der Waals surface area contributed by atoms with Gasteiger partial charge >= 0.3 is 0 Å². The SMILES string of the molecule is CC1=NN(c2ccccc2)C(=O)[C@@H]1[C@@H](CC(=O)c1ccccc1)c1ccccc1. The number of benzene rings is 3. The van der Waals surface area contributed by atoms with E-state index in [0.717, 1.165) is 17.0 Å². The molecule has 1 amide bonds. The summed E-state index contributed by atoms with van der Waals surface area (Å²) >= 11 is 0. The first-order chi connectivity index (χ1) is 14.1. The molecule has 0 radical (unpaired) electrons. The van der Waals surface area contributed by atoms with Crippen LogP contribution in [-0.2, 0) is 4.79 Å². The molecule has 1 heterocycles. The lowest BCUT2D eigenvalue weighted by atomic mass is 9.79. The second-order valence-corrected chi connectivity index (χ2v) is 7.22. The Morgan fingerprint density at radius 2 is 1.45 bits per heavy atom. The minimum atomic E-state index is -0.467. The summed E-state index contributed by atoms with van der Waals surface area (Å²) < 4.78 is 0. The van der Waals surface area contributed by atoms with Gasteiger partial charge in [0.25, 0.3) is 5.91 Å². The van der Waals surface area contributed by atoms with E-state index in [1.165, 1.54) is 5.01 Å². The topological polar surface area (TPSA) is 49.7 Å². The van der Waals surface area contributed by atoms with Crippen molar-refractivity contribution in [2.24, 2.45) is 11.0 Å². The Morgan fingerprint density at radius 1 is 0.897 bits per heavy atom. The van der Waals surface area contributed by atoms with Crippen LogP contribution in [0.4, 0.5) is 5.69 Å². The average Bonchev–Trinajstić information content (AvgIpc) is 3.07. The molecule has 0 N–H and O–H groups in total. The molecule has 0 saturated carbocycles. The van der Waals surface area contributed by atoms with Crippen LogP contribution in [0.15, 0.2) is 96.1 Å². The first-order valence-electron chi connectivity index (χ1n) is 9.72. The van der Waals surface area contributed by atoms with Crippen LogP contribution in [0.2, 0.25) is 0 Å². The molecule has 0 fully saturated rings. The van der Waals surface area contributed by atoms with Crippen molar-refractivity contribution in [3.05, 3.63) is 102 Å². The van der Waals surface area contributed by atoms with Gasteiger partial charge in [0.2, 0.25) is 0 Å². The third-order valence-corrected chi connectivity index (χ3v) is 5.31. The van der Waals surface area contributed by atoms with Crippen molar-refractivity contribution >= 4 is 23.1 Å². The Bertz CT molecular complexity index is 1030. The average molecular weight is 382 g/mol. The Balaban J connectivity index is 1.67. The summed E-state index contributed by atoms with van der Waals surface area (Å²) in [4.78, 5) is 26.3. The summed E-state index contributed by atoms with van der Waals surface area (Å²) in [6, 6.07) is 28.4. The summed E-state index contributed by atoms with van der Waals surface area (Å²) in [6.07, 6.45) is 0.250. The van der Waals surface area contributed by atoms with E-state index in [2.05, 4.69) is 5.10 Å². The van der Waals surface area contributed by atoms with E-state index in [4.69, 9.17) is 0 Å². The van der Waals surface area contributed by atoms with E-state index < -0.39 is 5.92 Å². The summed E-state index contributed by atoms with van der Waals surface area (Å²) in [6.45, 7) is 1.87. The molecule has 1 aliphatic rings. The van der Waals surface area contributed by atoms with Gasteiger partial charge in [-0.3, -0.25) is 9.59 Å². The largest absolute Gasteiger partial charge is 0.294 e. The van der Waals surface area contributed by atoms with Crippen LogP contribution in [0.3, 0.4) is 0 Å². The van der Waals surface area contributed by atoms with Gasteiger partial charge in [0, 0.05) is 23.6 Å². The van der Waals surface area contributed by atoms with Crippen molar-refractivity contribution in [1.29, 1.82) is 0 Å². The molecular weight excluding hydrogens is 360 g/mol. The fraction of sp³-hybridized carbons (Fsp3) is 0.160. The number of carbonyl (C=O) groups excluding carboxylic acids is 2. The molecule has 3 aromatic rings. The zero-order valence-electron chi connectivity index (χ0n) is 16.2. The Kier molecular flexibility index (Phi) is 5.34. The van der Waals surface area contributed by atoms with Gasteiger partial charge in [-0.05, 0) is 24.6 Å². The number of anilines is 1. The summed E-state index contributed by atoms with van der Waals surface area (Å²) in [5.41, 5.74) is 3.10. The quantitative estimate of drug-likeness (QED) is 0.558. The first-order valence-corrected chi connectivity index (χ1v) is 9.72. The van der Waals surface area contributed by atoms with Crippen molar-refractivity contribution < 1.29 is 9.59 Å². The van der Waals surface area contributed by atoms with Crippen LogP contribution in [0.25, 0.3) is 0 Å². The number of hydrazone groups is 1. The standard InChI is InChI=1S/C25H22N2O2/c1-18-24(25(29)27(26-18)21-15-9-4-10-16-21)22(19-11-5-2-6-12-19)17-23(28)20-13-7-3-8-14-20/h2-16,22,24H,17H2,1H3/t22-,24-/m0/s1. The molecule has 0 saturated heterocycles. The van der Waals surface area contributed by atoms with Gasteiger partial charge in [0.15, 0.2) is 5.78 Å². The van der Waals surface area contributed by atoms with E-state index in [1.807, 2.05) is 97.9 Å². The minimum Gasteiger partial charge on any atom is -0.294 e. The van der Waals surface area contributed by atoms with E-state index in [-0.39, 0.29) is 24.0 Å². The summed E-state index contributed by atoms with van der Waals surface area (Å²) in [5.74, 6) is -0.805. The van der Waals surface area contributed by atoms with Crippen LogP contribution in [0.1, 0.15) is 35.2 Å². The highest BCUT2D eigenvalue weighted by molar-refractivity contribution is 6.16. The number of ketones is 1. The summed E-state index contributed by atoms with van der Waals surface area (Å²) in [7, 11) is 0. The zero-order valence-corrected chi connectivity index (χ0v) is 16.2. The van der Waals surface area contributed by atoms with Crippen molar-refractivity contribution in [3.63, 3.8) is 0 Å². The van der Waals surface area contributed by atoms with Crippen LogP contribution in [0.5, 0.6) is 0 Å². The summed E-state index contributed by atoms with van der Waals surface area (Å²) in [5, 5.41) is 6.00. The van der Waals surface area contributed by atoms with Crippen molar-refractivity contribution in [1.82, 2.24) is 0 Å². The number of hydrogen-bond acceptors (Lipinski definition) is 3. The van der Waals surface area contributed by atoms with Gasteiger partial charge in [0.1, 0.15) is 0 Å². The third kappa shape index (κ3) is 3.87. The molecule has 0 aliphatic carbocycles. The van der Waals surface area contributed by atoms with Gasteiger partial charge in [-0.1, -0.05) is 78.9 Å². The lowest BCUT2D eigenvalue weighted by Gasteiger charge is -2.23. The molecule has 4 heteroatoms. The van der Waals surface area contributed by atoms with Crippen molar-refractivity contribution in [3.8, 4) is 0 Å². The lowest BCUT2D eigenvalue weighted by Crippen LogP contribution is -2.32. The number of hydrogen-bond donors (Lipinski definition) is 0. The number of nitrogens with zero attached hydrogens (tertiary/aromatic N) is 2. The smallest absolute Gasteiger partial charge is 0.256 e. The highest BCUT2D eigenvalue weighted by Crippen LogP contribution is 2.36. The molecule has 29 heavy (non-hydrogen) atoms. The lowest BCUT2D eigenvalue weighted by molar-refractivity contribution is -0.120.